The Labute approximate surface area is 235 Å². The Kier molecular flexibility index (Phi) is 10.3. The van der Waals surface area contributed by atoms with Crippen molar-refractivity contribution in [2.75, 3.05) is 19.0 Å². The summed E-state index contributed by atoms with van der Waals surface area (Å²) in [7, 11) is 1.60. The summed E-state index contributed by atoms with van der Waals surface area (Å²) < 4.78 is 4.97. The number of ether oxygens (including phenoxy) is 1. The van der Waals surface area contributed by atoms with Crippen LogP contribution in [-0.4, -0.2) is 58.8 Å². The maximum absolute atomic E-state index is 13.6. The molecule has 0 aliphatic heterocycles. The van der Waals surface area contributed by atoms with Crippen molar-refractivity contribution >= 4 is 29.3 Å². The fourth-order valence-corrected chi connectivity index (χ4v) is 5.62. The molecule has 40 heavy (non-hydrogen) atoms. The lowest BCUT2D eigenvalue weighted by Gasteiger charge is -2.36. The van der Waals surface area contributed by atoms with Crippen LogP contribution in [0.25, 0.3) is 0 Å². The first kappa shape index (κ1) is 29.3. The Morgan fingerprint density at radius 2 is 1.60 bits per heavy atom. The smallest absolute Gasteiger partial charge is 0.273 e. The van der Waals surface area contributed by atoms with Crippen molar-refractivity contribution in [3.8, 4) is 0 Å². The molecule has 10 heteroatoms. The number of aromatic nitrogens is 2. The number of hydrogen-bond donors (Lipinski definition) is 3. The number of benzene rings is 1. The van der Waals surface area contributed by atoms with Crippen LogP contribution in [0.2, 0.25) is 0 Å². The lowest BCUT2D eigenvalue weighted by atomic mass is 9.80. The normalized spacial score (nSPS) is 16.1. The third-order valence-electron chi connectivity index (χ3n) is 7.72. The van der Waals surface area contributed by atoms with E-state index in [9.17, 15) is 19.2 Å². The fourth-order valence-electron chi connectivity index (χ4n) is 5.62. The van der Waals surface area contributed by atoms with E-state index in [1.54, 1.807) is 7.11 Å². The topological polar surface area (TPSA) is 139 Å². The zero-order valence-corrected chi connectivity index (χ0v) is 23.2. The molecule has 2 aromatic rings. The highest BCUT2D eigenvalue weighted by Crippen LogP contribution is 2.30. The number of ketones is 1. The minimum atomic E-state index is -1.10. The minimum Gasteiger partial charge on any atom is -0.385 e. The van der Waals surface area contributed by atoms with Crippen LogP contribution in [0.4, 0.5) is 5.82 Å². The van der Waals surface area contributed by atoms with Crippen LogP contribution < -0.4 is 16.0 Å². The SMILES string of the molecule is COCCCC(=O)CCCC(=O)NC1(C(=O)Nc2nccnc2C(=O)NC2Cc3ccccc3C2)CCCCC1. The summed E-state index contributed by atoms with van der Waals surface area (Å²) in [5.74, 6) is -0.900. The van der Waals surface area contributed by atoms with E-state index in [1.165, 1.54) is 23.5 Å². The summed E-state index contributed by atoms with van der Waals surface area (Å²) in [5.41, 5.74) is 1.36. The van der Waals surface area contributed by atoms with Gasteiger partial charge < -0.3 is 20.7 Å². The van der Waals surface area contributed by atoms with E-state index < -0.39 is 17.4 Å². The van der Waals surface area contributed by atoms with Crippen molar-refractivity contribution in [3.05, 3.63) is 53.5 Å². The van der Waals surface area contributed by atoms with Crippen molar-refractivity contribution in [1.29, 1.82) is 0 Å². The van der Waals surface area contributed by atoms with Gasteiger partial charge in [0.1, 0.15) is 11.3 Å². The fraction of sp³-hybridized carbons (Fsp3) is 0.533. The van der Waals surface area contributed by atoms with Crippen molar-refractivity contribution in [2.24, 2.45) is 0 Å². The van der Waals surface area contributed by atoms with Gasteiger partial charge in [-0.05, 0) is 49.7 Å². The maximum Gasteiger partial charge on any atom is 0.273 e. The van der Waals surface area contributed by atoms with Crippen molar-refractivity contribution in [3.63, 3.8) is 0 Å². The van der Waals surface area contributed by atoms with E-state index in [0.717, 1.165) is 32.1 Å². The molecule has 0 spiro atoms. The van der Waals surface area contributed by atoms with Gasteiger partial charge in [0.2, 0.25) is 5.91 Å². The average molecular weight is 550 g/mol. The third-order valence-corrected chi connectivity index (χ3v) is 7.72. The zero-order chi connectivity index (χ0) is 28.4. The molecule has 10 nitrogen and oxygen atoms in total. The highest BCUT2D eigenvalue weighted by atomic mass is 16.5. The molecule has 1 aromatic heterocycles. The second-order valence-electron chi connectivity index (χ2n) is 10.7. The van der Waals surface area contributed by atoms with Crippen LogP contribution in [-0.2, 0) is 32.0 Å². The van der Waals surface area contributed by atoms with Gasteiger partial charge in [-0.2, -0.15) is 0 Å². The first-order valence-electron chi connectivity index (χ1n) is 14.2. The van der Waals surface area contributed by atoms with E-state index in [4.69, 9.17) is 4.74 Å². The Hall–Kier alpha value is -3.66. The molecule has 3 amide bonds. The monoisotopic (exact) mass is 549 g/mol. The molecule has 1 saturated carbocycles. The highest BCUT2D eigenvalue weighted by Gasteiger charge is 2.41. The van der Waals surface area contributed by atoms with Crippen LogP contribution in [0, 0.1) is 0 Å². The van der Waals surface area contributed by atoms with Crippen LogP contribution >= 0.6 is 0 Å². The number of hydrogen-bond acceptors (Lipinski definition) is 7. The lowest BCUT2D eigenvalue weighted by Crippen LogP contribution is -2.58. The Balaban J connectivity index is 1.36. The molecule has 1 fully saturated rings. The van der Waals surface area contributed by atoms with Gasteiger partial charge in [-0.1, -0.05) is 43.5 Å². The van der Waals surface area contributed by atoms with Crippen LogP contribution in [0.5, 0.6) is 0 Å². The van der Waals surface area contributed by atoms with Crippen molar-refractivity contribution < 1.29 is 23.9 Å². The van der Waals surface area contributed by atoms with E-state index in [0.29, 0.717) is 45.1 Å². The Morgan fingerprint density at radius 3 is 2.30 bits per heavy atom. The zero-order valence-electron chi connectivity index (χ0n) is 23.2. The number of Topliss-reactive ketones (excluding diaryl/α,β-unsaturated/α-hetero) is 1. The largest absolute Gasteiger partial charge is 0.385 e. The third kappa shape index (κ3) is 7.71. The maximum atomic E-state index is 13.6. The van der Waals surface area contributed by atoms with E-state index in [2.05, 4.69) is 38.1 Å². The molecule has 0 bridgehead atoms. The van der Waals surface area contributed by atoms with Crippen molar-refractivity contribution in [1.82, 2.24) is 20.6 Å². The van der Waals surface area contributed by atoms with E-state index in [-0.39, 0.29) is 35.7 Å². The number of fused-ring (bicyclic) bond motifs is 1. The van der Waals surface area contributed by atoms with Gasteiger partial charge in [-0.25, -0.2) is 9.97 Å². The van der Waals surface area contributed by atoms with Gasteiger partial charge in [0.05, 0.1) is 0 Å². The number of carbonyl (C=O) groups is 4. The predicted octanol–water partition coefficient (Wildman–Crippen LogP) is 3.30. The van der Waals surface area contributed by atoms with E-state index >= 15 is 0 Å². The molecule has 1 heterocycles. The van der Waals surface area contributed by atoms with Crippen LogP contribution in [0.1, 0.15) is 85.8 Å². The van der Waals surface area contributed by atoms with Gasteiger partial charge >= 0.3 is 0 Å². The molecule has 0 atom stereocenters. The number of rotatable bonds is 13. The van der Waals surface area contributed by atoms with Crippen LogP contribution in [0.15, 0.2) is 36.7 Å². The summed E-state index contributed by atoms with van der Waals surface area (Å²) in [6.07, 6.45) is 9.86. The number of nitrogens with zero attached hydrogens (tertiary/aromatic N) is 2. The molecule has 0 saturated heterocycles. The number of anilines is 1. The van der Waals surface area contributed by atoms with Crippen molar-refractivity contribution in [2.45, 2.75) is 88.6 Å². The van der Waals surface area contributed by atoms with Gasteiger partial charge in [-0.3, -0.25) is 19.2 Å². The molecule has 1 aromatic carbocycles. The molecule has 3 N–H and O–H groups in total. The second-order valence-corrected chi connectivity index (χ2v) is 10.7. The highest BCUT2D eigenvalue weighted by molar-refractivity contribution is 6.05. The summed E-state index contributed by atoms with van der Waals surface area (Å²) in [5, 5.41) is 8.79. The molecule has 4 rings (SSSR count). The van der Waals surface area contributed by atoms with Gasteiger partial charge in [0, 0.05) is 51.4 Å². The summed E-state index contributed by atoms with van der Waals surface area (Å²) in [6.45, 7) is 0.536. The average Bonchev–Trinajstić information content (AvgIpc) is 3.36. The summed E-state index contributed by atoms with van der Waals surface area (Å²) >= 11 is 0. The van der Waals surface area contributed by atoms with Gasteiger partial charge in [0.15, 0.2) is 11.5 Å². The molecule has 214 valence electrons. The second kappa shape index (κ2) is 14.1. The summed E-state index contributed by atoms with van der Waals surface area (Å²) in [6, 6.07) is 8.04. The predicted molar refractivity (Wildman–Crippen MR) is 150 cm³/mol. The molecular formula is C30H39N5O5. The number of amides is 3. The first-order valence-corrected chi connectivity index (χ1v) is 14.2. The Morgan fingerprint density at radius 1 is 0.925 bits per heavy atom. The van der Waals surface area contributed by atoms with E-state index in [1.807, 2.05) is 12.1 Å². The molecular weight excluding hydrogens is 510 g/mol. The number of nitrogens with one attached hydrogen (secondary N) is 3. The standard InChI is InChI=1S/C30H39N5O5/c1-40-18-8-12-24(36)11-7-13-25(37)35-30(14-5-2-6-15-30)29(39)34-27-26(31-16-17-32-27)28(38)33-23-19-21-9-3-4-10-22(21)20-23/h3-4,9-10,16-17,23H,2,5-8,11-15,18-20H2,1H3,(H,33,38)(H,35,37)(H,32,34,39). The number of carbonyl (C=O) groups excluding carboxylic acids is 4. The summed E-state index contributed by atoms with van der Waals surface area (Å²) in [4.78, 5) is 60.2. The minimum absolute atomic E-state index is 0.0380. The molecule has 2 aliphatic rings. The molecule has 0 unspecified atom stereocenters. The van der Waals surface area contributed by atoms with Crippen LogP contribution in [0.3, 0.4) is 0 Å². The van der Waals surface area contributed by atoms with Gasteiger partial charge in [-0.15, -0.1) is 0 Å². The quantitative estimate of drug-likeness (QED) is 0.326. The molecule has 0 radical (unpaired) electrons. The lowest BCUT2D eigenvalue weighted by molar-refractivity contribution is -0.132. The number of methoxy groups -OCH3 is 1. The molecule has 2 aliphatic carbocycles. The van der Waals surface area contributed by atoms with Gasteiger partial charge in [0.25, 0.3) is 11.8 Å². The first-order chi connectivity index (χ1) is 19.4. The Bertz CT molecular complexity index is 1190.